The lowest BCUT2D eigenvalue weighted by Crippen LogP contribution is -2.05. The Morgan fingerprint density at radius 3 is 2.71 bits per heavy atom. The summed E-state index contributed by atoms with van der Waals surface area (Å²) in [6, 6.07) is 1.99. The van der Waals surface area contributed by atoms with Crippen molar-refractivity contribution in [1.29, 1.82) is 0 Å². The van der Waals surface area contributed by atoms with E-state index in [4.69, 9.17) is 0 Å². The van der Waals surface area contributed by atoms with Gasteiger partial charge in [-0.15, -0.1) is 0 Å². The number of imidazole rings is 1. The summed E-state index contributed by atoms with van der Waals surface area (Å²) in [5.74, 6) is 0.557. The largest absolute Gasteiger partial charge is 0.331 e. The van der Waals surface area contributed by atoms with Crippen molar-refractivity contribution in [2.24, 2.45) is 7.05 Å². The van der Waals surface area contributed by atoms with Gasteiger partial charge in [-0.25, -0.2) is 14.6 Å². The van der Waals surface area contributed by atoms with Gasteiger partial charge in [0.1, 0.15) is 5.52 Å². The first-order chi connectivity index (χ1) is 8.15. The van der Waals surface area contributed by atoms with E-state index in [1.807, 2.05) is 31.5 Å². The number of nitrogens with zero attached hydrogens (tertiary/aromatic N) is 6. The van der Waals surface area contributed by atoms with E-state index in [0.717, 1.165) is 16.9 Å². The van der Waals surface area contributed by atoms with Gasteiger partial charge in [-0.3, -0.25) is 0 Å². The van der Waals surface area contributed by atoms with Crippen molar-refractivity contribution >= 4 is 11.2 Å². The van der Waals surface area contributed by atoms with Crippen molar-refractivity contribution in [3.63, 3.8) is 0 Å². The van der Waals surface area contributed by atoms with Crippen LogP contribution in [0.5, 0.6) is 0 Å². The van der Waals surface area contributed by atoms with Gasteiger partial charge >= 0.3 is 0 Å². The minimum atomic E-state index is 0.557. The van der Waals surface area contributed by atoms with Gasteiger partial charge < -0.3 is 4.57 Å². The molecule has 0 atom stereocenters. The van der Waals surface area contributed by atoms with E-state index in [2.05, 4.69) is 20.1 Å². The third-order valence-electron chi connectivity index (χ3n) is 2.67. The lowest BCUT2D eigenvalue weighted by Gasteiger charge is -2.01. The smallest absolute Gasteiger partial charge is 0.252 e. The molecule has 6 nitrogen and oxygen atoms in total. The molecule has 0 saturated heterocycles. The van der Waals surface area contributed by atoms with Crippen LogP contribution in [-0.4, -0.2) is 29.3 Å². The molecule has 0 fully saturated rings. The van der Waals surface area contributed by atoms with Crippen LogP contribution in [0.3, 0.4) is 0 Å². The summed E-state index contributed by atoms with van der Waals surface area (Å²) in [6.07, 6.45) is 3.49. The highest BCUT2D eigenvalue weighted by atomic mass is 15.4. The Kier molecular flexibility index (Phi) is 1.98. The van der Waals surface area contributed by atoms with Crippen LogP contribution in [-0.2, 0) is 7.05 Å². The number of aromatic nitrogens is 6. The summed E-state index contributed by atoms with van der Waals surface area (Å²) in [6.45, 7) is 3.93. The molecule has 0 aromatic carbocycles. The second-order valence-corrected chi connectivity index (χ2v) is 4.07. The summed E-state index contributed by atoms with van der Waals surface area (Å²) >= 11 is 0. The third kappa shape index (κ3) is 1.49. The van der Waals surface area contributed by atoms with Crippen LogP contribution in [0.2, 0.25) is 0 Å². The van der Waals surface area contributed by atoms with Crippen LogP contribution in [0.4, 0.5) is 0 Å². The predicted octanol–water partition coefficient (Wildman–Crippen LogP) is 1.17. The standard InChI is InChI=1S/C11H12N6/c1-7-4-8(2)17(15-7)11-12-5-9-10(14-11)13-6-16(9)3/h4-6H,1-3H3. The summed E-state index contributed by atoms with van der Waals surface area (Å²) < 4.78 is 3.61. The monoisotopic (exact) mass is 228 g/mol. The number of hydrogen-bond acceptors (Lipinski definition) is 4. The fourth-order valence-electron chi connectivity index (χ4n) is 1.84. The zero-order valence-electron chi connectivity index (χ0n) is 9.92. The van der Waals surface area contributed by atoms with Gasteiger partial charge in [0.15, 0.2) is 5.65 Å². The van der Waals surface area contributed by atoms with Gasteiger partial charge in [-0.05, 0) is 19.9 Å². The molecule has 3 aromatic rings. The van der Waals surface area contributed by atoms with E-state index in [1.165, 1.54) is 0 Å². The average molecular weight is 228 g/mol. The quantitative estimate of drug-likeness (QED) is 0.627. The van der Waals surface area contributed by atoms with Crippen LogP contribution in [0.1, 0.15) is 11.4 Å². The first-order valence-electron chi connectivity index (χ1n) is 5.33. The maximum Gasteiger partial charge on any atom is 0.252 e. The Bertz CT molecular complexity index is 693. The van der Waals surface area contributed by atoms with Gasteiger partial charge in [0, 0.05) is 12.7 Å². The fourth-order valence-corrected chi connectivity index (χ4v) is 1.84. The first-order valence-corrected chi connectivity index (χ1v) is 5.33. The summed E-state index contributed by atoms with van der Waals surface area (Å²) in [7, 11) is 1.92. The van der Waals surface area contributed by atoms with Gasteiger partial charge in [0.25, 0.3) is 5.95 Å². The summed E-state index contributed by atoms with van der Waals surface area (Å²) in [4.78, 5) is 12.9. The van der Waals surface area contributed by atoms with E-state index in [0.29, 0.717) is 11.6 Å². The zero-order chi connectivity index (χ0) is 12.0. The molecule has 0 unspecified atom stereocenters. The Morgan fingerprint density at radius 1 is 1.18 bits per heavy atom. The van der Waals surface area contributed by atoms with Crippen molar-refractivity contribution < 1.29 is 0 Å². The molecule has 0 aliphatic rings. The van der Waals surface area contributed by atoms with Gasteiger partial charge in [-0.1, -0.05) is 0 Å². The summed E-state index contributed by atoms with van der Waals surface area (Å²) in [5.41, 5.74) is 3.56. The van der Waals surface area contributed by atoms with Crippen LogP contribution >= 0.6 is 0 Å². The number of aryl methyl sites for hydroxylation is 3. The van der Waals surface area contributed by atoms with Gasteiger partial charge in [0.05, 0.1) is 18.2 Å². The lowest BCUT2D eigenvalue weighted by molar-refractivity contribution is 0.778. The maximum absolute atomic E-state index is 4.40. The first kappa shape index (κ1) is 9.95. The van der Waals surface area contributed by atoms with Crippen molar-refractivity contribution in [1.82, 2.24) is 29.3 Å². The highest BCUT2D eigenvalue weighted by Gasteiger charge is 2.09. The van der Waals surface area contributed by atoms with Crippen LogP contribution < -0.4 is 0 Å². The molecule has 0 radical (unpaired) electrons. The minimum Gasteiger partial charge on any atom is -0.331 e. The van der Waals surface area contributed by atoms with Gasteiger partial charge in [-0.2, -0.15) is 10.1 Å². The van der Waals surface area contributed by atoms with Crippen molar-refractivity contribution in [2.75, 3.05) is 0 Å². The second kappa shape index (κ2) is 3.38. The van der Waals surface area contributed by atoms with E-state index in [1.54, 1.807) is 17.2 Å². The van der Waals surface area contributed by atoms with E-state index in [9.17, 15) is 0 Å². The number of rotatable bonds is 1. The Balaban J connectivity index is 2.21. The molecule has 0 bridgehead atoms. The Hall–Kier alpha value is -2.24. The molecule has 3 heterocycles. The van der Waals surface area contributed by atoms with Gasteiger partial charge in [0.2, 0.25) is 0 Å². The molecule has 0 saturated carbocycles. The topological polar surface area (TPSA) is 61.4 Å². The van der Waals surface area contributed by atoms with Crippen molar-refractivity contribution in [3.8, 4) is 5.95 Å². The fraction of sp³-hybridized carbons (Fsp3) is 0.273. The maximum atomic E-state index is 4.40. The molecular formula is C11H12N6. The molecular weight excluding hydrogens is 216 g/mol. The number of hydrogen-bond donors (Lipinski definition) is 0. The Morgan fingerprint density at radius 2 is 2.00 bits per heavy atom. The second-order valence-electron chi connectivity index (χ2n) is 4.07. The molecule has 0 spiro atoms. The normalized spacial score (nSPS) is 11.2. The van der Waals surface area contributed by atoms with Crippen LogP contribution in [0.25, 0.3) is 17.1 Å². The zero-order valence-corrected chi connectivity index (χ0v) is 9.92. The SMILES string of the molecule is Cc1cc(C)n(-c2ncc3c(ncn3C)n2)n1. The molecule has 3 rings (SSSR count). The molecule has 0 aliphatic heterocycles. The van der Waals surface area contributed by atoms with E-state index < -0.39 is 0 Å². The predicted molar refractivity (Wildman–Crippen MR) is 62.9 cm³/mol. The third-order valence-corrected chi connectivity index (χ3v) is 2.67. The molecule has 17 heavy (non-hydrogen) atoms. The summed E-state index contributed by atoms with van der Waals surface area (Å²) in [5, 5.41) is 4.35. The molecule has 0 aliphatic carbocycles. The molecule has 0 amide bonds. The number of fused-ring (bicyclic) bond motifs is 1. The van der Waals surface area contributed by atoms with E-state index >= 15 is 0 Å². The van der Waals surface area contributed by atoms with Crippen molar-refractivity contribution in [2.45, 2.75) is 13.8 Å². The molecule has 6 heteroatoms. The molecule has 3 aromatic heterocycles. The minimum absolute atomic E-state index is 0.557. The molecule has 0 N–H and O–H groups in total. The molecule has 86 valence electrons. The van der Waals surface area contributed by atoms with Crippen LogP contribution in [0, 0.1) is 13.8 Å². The average Bonchev–Trinajstić information content (AvgIpc) is 2.82. The van der Waals surface area contributed by atoms with Crippen LogP contribution in [0.15, 0.2) is 18.6 Å². The lowest BCUT2D eigenvalue weighted by atomic mass is 10.4. The highest BCUT2D eigenvalue weighted by molar-refractivity contribution is 5.69. The highest BCUT2D eigenvalue weighted by Crippen LogP contribution is 2.11. The Labute approximate surface area is 98.0 Å². The van der Waals surface area contributed by atoms with Crippen molar-refractivity contribution in [3.05, 3.63) is 30.0 Å². The van der Waals surface area contributed by atoms with E-state index in [-0.39, 0.29) is 0 Å².